The highest BCUT2D eigenvalue weighted by Crippen LogP contribution is 2.15. The summed E-state index contributed by atoms with van der Waals surface area (Å²) in [4.78, 5) is 24.2. The van der Waals surface area contributed by atoms with Crippen molar-refractivity contribution in [2.24, 2.45) is 0 Å². The van der Waals surface area contributed by atoms with Crippen LogP contribution >= 0.6 is 0 Å². The van der Waals surface area contributed by atoms with E-state index >= 15 is 0 Å². The summed E-state index contributed by atoms with van der Waals surface area (Å²) in [5, 5.41) is 9.08. The maximum atomic E-state index is 11.9. The summed E-state index contributed by atoms with van der Waals surface area (Å²) in [5.41, 5.74) is -0.632. The number of nitrogens with zero attached hydrogens (tertiary/aromatic N) is 1. The summed E-state index contributed by atoms with van der Waals surface area (Å²) >= 11 is 0. The highest BCUT2D eigenvalue weighted by Gasteiger charge is 2.33. The number of carbonyl (C=O) groups excluding carboxylic acids is 1. The normalized spacial score (nSPS) is 21.8. The first-order chi connectivity index (χ1) is 7.81. The minimum atomic E-state index is -1.03. The highest BCUT2D eigenvalue weighted by molar-refractivity contribution is 5.80. The molecular formula is C11H19NO5. The third-order valence-electron chi connectivity index (χ3n) is 2.30. The third kappa shape index (κ3) is 4.22. The molecule has 98 valence electrons. The lowest BCUT2D eigenvalue weighted by Crippen LogP contribution is -2.47. The molecule has 0 aromatic carbocycles. The highest BCUT2D eigenvalue weighted by atomic mass is 16.6. The Morgan fingerprint density at radius 2 is 2.00 bits per heavy atom. The van der Waals surface area contributed by atoms with Crippen LogP contribution < -0.4 is 0 Å². The predicted molar refractivity (Wildman–Crippen MR) is 59.8 cm³/mol. The van der Waals surface area contributed by atoms with Gasteiger partial charge in [0.2, 0.25) is 0 Å². The van der Waals surface area contributed by atoms with Gasteiger partial charge in [-0.25, -0.2) is 9.59 Å². The molecule has 1 heterocycles. The number of aliphatic carboxylic acids is 1. The smallest absolute Gasteiger partial charge is 0.411 e. The van der Waals surface area contributed by atoms with Crippen LogP contribution in [0, 0.1) is 0 Å². The molecule has 1 rings (SSSR count). The van der Waals surface area contributed by atoms with E-state index in [0.717, 1.165) is 0 Å². The Hall–Kier alpha value is -1.30. The lowest BCUT2D eigenvalue weighted by atomic mass is 10.2. The molecule has 1 N–H and O–H groups in total. The van der Waals surface area contributed by atoms with Gasteiger partial charge in [0, 0.05) is 19.6 Å². The lowest BCUT2D eigenvalue weighted by Gasteiger charge is -2.29. The number of hydrogen-bond acceptors (Lipinski definition) is 4. The van der Waals surface area contributed by atoms with Crippen molar-refractivity contribution in [2.45, 2.75) is 38.8 Å². The van der Waals surface area contributed by atoms with Crippen LogP contribution in [0.2, 0.25) is 0 Å². The van der Waals surface area contributed by atoms with Gasteiger partial charge in [-0.15, -0.1) is 0 Å². The molecule has 17 heavy (non-hydrogen) atoms. The summed E-state index contributed by atoms with van der Waals surface area (Å²) in [6.07, 6.45) is -0.315. The van der Waals surface area contributed by atoms with Crippen LogP contribution in [0.1, 0.15) is 27.2 Å². The van der Waals surface area contributed by atoms with Gasteiger partial charge in [-0.1, -0.05) is 0 Å². The number of carboxylic acids is 1. The van der Waals surface area contributed by atoms with Crippen LogP contribution in [0.3, 0.4) is 0 Å². The number of amides is 1. The van der Waals surface area contributed by atoms with Gasteiger partial charge in [0.1, 0.15) is 11.6 Å². The number of rotatable bonds is 1. The maximum absolute atomic E-state index is 11.9. The van der Waals surface area contributed by atoms with Crippen LogP contribution in [0.4, 0.5) is 4.79 Å². The number of ether oxygens (including phenoxy) is 2. The summed E-state index contributed by atoms with van der Waals surface area (Å²) in [6.45, 7) is 6.16. The van der Waals surface area contributed by atoms with Crippen molar-refractivity contribution < 1.29 is 24.2 Å². The van der Waals surface area contributed by atoms with E-state index in [-0.39, 0.29) is 13.0 Å². The van der Waals surface area contributed by atoms with Crippen molar-refractivity contribution in [2.75, 3.05) is 19.8 Å². The number of carboxylic acid groups (broad SMARTS) is 1. The van der Waals surface area contributed by atoms with Crippen LogP contribution in [0.5, 0.6) is 0 Å². The average Bonchev–Trinajstić information content (AvgIpc) is 2.39. The first kappa shape index (κ1) is 13.8. The van der Waals surface area contributed by atoms with E-state index in [2.05, 4.69) is 0 Å². The molecule has 0 bridgehead atoms. The summed E-state index contributed by atoms with van der Waals surface area (Å²) in [7, 11) is 0. The molecule has 0 aliphatic carbocycles. The van der Waals surface area contributed by atoms with Gasteiger partial charge in [-0.3, -0.25) is 4.90 Å². The Morgan fingerprint density at radius 3 is 2.53 bits per heavy atom. The number of hydrogen-bond donors (Lipinski definition) is 1. The fourth-order valence-corrected chi connectivity index (χ4v) is 1.57. The molecular weight excluding hydrogens is 226 g/mol. The Morgan fingerprint density at radius 1 is 1.35 bits per heavy atom. The fraction of sp³-hybridized carbons (Fsp3) is 0.818. The Labute approximate surface area is 100 Å². The Kier molecular flexibility index (Phi) is 4.34. The van der Waals surface area contributed by atoms with Gasteiger partial charge in [0.25, 0.3) is 0 Å². The molecule has 0 aromatic rings. The second-order valence-electron chi connectivity index (χ2n) is 4.93. The van der Waals surface area contributed by atoms with Crippen molar-refractivity contribution in [3.8, 4) is 0 Å². The Bertz CT molecular complexity index is 297. The zero-order valence-electron chi connectivity index (χ0n) is 10.4. The molecule has 6 nitrogen and oxygen atoms in total. The van der Waals surface area contributed by atoms with E-state index in [1.54, 1.807) is 20.8 Å². The van der Waals surface area contributed by atoms with E-state index in [9.17, 15) is 9.59 Å². The van der Waals surface area contributed by atoms with Crippen molar-refractivity contribution in [3.05, 3.63) is 0 Å². The summed E-state index contributed by atoms with van der Waals surface area (Å²) < 4.78 is 10.4. The van der Waals surface area contributed by atoms with E-state index in [0.29, 0.717) is 13.2 Å². The minimum absolute atomic E-state index is 0.242. The summed E-state index contributed by atoms with van der Waals surface area (Å²) in [6, 6.07) is -0.868. The first-order valence-corrected chi connectivity index (χ1v) is 5.61. The molecule has 0 unspecified atom stereocenters. The van der Waals surface area contributed by atoms with Crippen LogP contribution in [0.25, 0.3) is 0 Å². The predicted octanol–water partition coefficient (Wildman–Crippen LogP) is 1.10. The first-order valence-electron chi connectivity index (χ1n) is 5.61. The van der Waals surface area contributed by atoms with Crippen molar-refractivity contribution >= 4 is 12.1 Å². The molecule has 6 heteroatoms. The number of carbonyl (C=O) groups is 2. The lowest BCUT2D eigenvalue weighted by molar-refractivity contribution is -0.143. The zero-order chi connectivity index (χ0) is 13.1. The molecule has 1 aliphatic heterocycles. The monoisotopic (exact) mass is 245 g/mol. The van der Waals surface area contributed by atoms with Crippen LogP contribution in [0.15, 0.2) is 0 Å². The van der Waals surface area contributed by atoms with E-state index in [1.807, 2.05) is 0 Å². The van der Waals surface area contributed by atoms with Gasteiger partial charge < -0.3 is 14.6 Å². The quantitative estimate of drug-likeness (QED) is 0.748. The molecule has 1 amide bonds. The van der Waals surface area contributed by atoms with Crippen molar-refractivity contribution in [1.82, 2.24) is 4.90 Å². The zero-order valence-corrected chi connectivity index (χ0v) is 10.4. The SMILES string of the molecule is CC(C)(C)OC(=O)N1CCOCC[C@H]1C(=O)O. The third-order valence-corrected chi connectivity index (χ3v) is 2.30. The van der Waals surface area contributed by atoms with E-state index in [1.165, 1.54) is 4.90 Å². The molecule has 1 atom stereocenters. The molecule has 1 fully saturated rings. The fourth-order valence-electron chi connectivity index (χ4n) is 1.57. The van der Waals surface area contributed by atoms with Gasteiger partial charge in [0.15, 0.2) is 0 Å². The molecule has 0 radical (unpaired) electrons. The molecule has 0 saturated carbocycles. The second-order valence-corrected chi connectivity index (χ2v) is 4.93. The molecule has 0 spiro atoms. The van der Waals surface area contributed by atoms with Gasteiger partial charge >= 0.3 is 12.1 Å². The topological polar surface area (TPSA) is 76.1 Å². The van der Waals surface area contributed by atoms with Gasteiger partial charge in [-0.2, -0.15) is 0 Å². The van der Waals surface area contributed by atoms with Crippen molar-refractivity contribution in [1.29, 1.82) is 0 Å². The summed E-state index contributed by atoms with van der Waals surface area (Å²) in [5.74, 6) is -1.03. The van der Waals surface area contributed by atoms with Crippen molar-refractivity contribution in [3.63, 3.8) is 0 Å². The van der Waals surface area contributed by atoms with Gasteiger partial charge in [-0.05, 0) is 20.8 Å². The largest absolute Gasteiger partial charge is 0.480 e. The van der Waals surface area contributed by atoms with Crippen LogP contribution in [-0.2, 0) is 14.3 Å². The standard InChI is InChI=1S/C11H19NO5/c1-11(2,3)17-10(15)12-5-7-16-6-4-8(12)9(13)14/h8H,4-7H2,1-3H3,(H,13,14)/t8-/m0/s1. The van der Waals surface area contributed by atoms with E-state index < -0.39 is 23.7 Å². The molecule has 1 aliphatic rings. The maximum Gasteiger partial charge on any atom is 0.411 e. The van der Waals surface area contributed by atoms with Crippen LogP contribution in [-0.4, -0.2) is 53.5 Å². The molecule has 1 saturated heterocycles. The van der Waals surface area contributed by atoms with E-state index in [4.69, 9.17) is 14.6 Å². The molecule has 0 aromatic heterocycles. The second kappa shape index (κ2) is 5.35. The average molecular weight is 245 g/mol. The Balaban J connectivity index is 2.75. The minimum Gasteiger partial charge on any atom is -0.480 e. The van der Waals surface area contributed by atoms with Gasteiger partial charge in [0.05, 0.1) is 6.61 Å².